The van der Waals surface area contributed by atoms with Gasteiger partial charge in [0.1, 0.15) is 0 Å². The quantitative estimate of drug-likeness (QED) is 0.637. The molecule has 0 aromatic carbocycles. The average Bonchev–Trinajstić information content (AvgIpc) is 1.97. The summed E-state index contributed by atoms with van der Waals surface area (Å²) in [4.78, 5) is 0. The lowest BCUT2D eigenvalue weighted by atomic mass is 10.3. The van der Waals surface area contributed by atoms with E-state index in [-0.39, 0.29) is 6.10 Å². The summed E-state index contributed by atoms with van der Waals surface area (Å²) in [5.74, 6) is 1.93. The van der Waals surface area contributed by atoms with Crippen molar-refractivity contribution in [3.05, 3.63) is 0 Å². The second-order valence-corrected chi connectivity index (χ2v) is 4.20. The summed E-state index contributed by atoms with van der Waals surface area (Å²) in [6.45, 7) is 6.98. The first kappa shape index (κ1) is 11.3. The number of aliphatic hydroxyl groups excluding tert-OH is 1. The monoisotopic (exact) mass is 177 g/mol. The van der Waals surface area contributed by atoms with Gasteiger partial charge in [0.25, 0.3) is 0 Å². The second kappa shape index (κ2) is 6.95. The molecule has 0 bridgehead atoms. The number of rotatable bonds is 6. The smallest absolute Gasteiger partial charge is 0.0754 e. The van der Waals surface area contributed by atoms with Crippen LogP contribution in [0.25, 0.3) is 0 Å². The van der Waals surface area contributed by atoms with Crippen molar-refractivity contribution >= 4 is 11.8 Å². The summed E-state index contributed by atoms with van der Waals surface area (Å²) in [5, 5.41) is 12.5. The van der Waals surface area contributed by atoms with Gasteiger partial charge >= 0.3 is 0 Å². The maximum atomic E-state index is 9.35. The zero-order chi connectivity index (χ0) is 8.69. The standard InChI is InChI=1S/C8H19NOS/c1-4-11-6-8(10)5-9-7(2)3/h7-10H,4-6H2,1-3H3. The van der Waals surface area contributed by atoms with Crippen LogP contribution < -0.4 is 5.32 Å². The van der Waals surface area contributed by atoms with Crippen molar-refractivity contribution < 1.29 is 5.11 Å². The molecule has 2 nitrogen and oxygen atoms in total. The lowest BCUT2D eigenvalue weighted by Gasteiger charge is -2.12. The Morgan fingerprint density at radius 3 is 2.55 bits per heavy atom. The minimum atomic E-state index is -0.192. The molecule has 0 fully saturated rings. The number of aliphatic hydroxyl groups is 1. The minimum absolute atomic E-state index is 0.192. The molecule has 0 amide bonds. The number of hydrogen-bond donors (Lipinski definition) is 2. The largest absolute Gasteiger partial charge is 0.391 e. The fourth-order valence-electron chi connectivity index (χ4n) is 0.685. The molecule has 0 aromatic heterocycles. The molecule has 0 aromatic rings. The molecule has 3 heteroatoms. The van der Waals surface area contributed by atoms with E-state index in [1.807, 2.05) is 0 Å². The van der Waals surface area contributed by atoms with E-state index in [0.29, 0.717) is 12.6 Å². The highest BCUT2D eigenvalue weighted by atomic mass is 32.2. The first-order valence-corrected chi connectivity index (χ1v) is 5.31. The molecule has 0 spiro atoms. The molecule has 2 N–H and O–H groups in total. The number of thioether (sulfide) groups is 1. The second-order valence-electron chi connectivity index (χ2n) is 2.88. The molecule has 68 valence electrons. The van der Waals surface area contributed by atoms with Crippen LogP contribution in [0.5, 0.6) is 0 Å². The van der Waals surface area contributed by atoms with Crippen LogP contribution in [0.2, 0.25) is 0 Å². The Morgan fingerprint density at radius 2 is 2.09 bits per heavy atom. The van der Waals surface area contributed by atoms with Crippen molar-refractivity contribution in [2.24, 2.45) is 0 Å². The Balaban J connectivity index is 3.15. The van der Waals surface area contributed by atoms with Crippen molar-refractivity contribution in [1.82, 2.24) is 5.32 Å². The Hall–Kier alpha value is 0.270. The maximum Gasteiger partial charge on any atom is 0.0754 e. The van der Waals surface area contributed by atoms with Gasteiger partial charge in [-0.05, 0) is 5.75 Å². The van der Waals surface area contributed by atoms with E-state index in [4.69, 9.17) is 0 Å². The van der Waals surface area contributed by atoms with Crippen LogP contribution in [0, 0.1) is 0 Å². The van der Waals surface area contributed by atoms with Crippen molar-refractivity contribution in [3.63, 3.8) is 0 Å². The molecule has 1 unspecified atom stereocenters. The lowest BCUT2D eigenvalue weighted by molar-refractivity contribution is 0.192. The van der Waals surface area contributed by atoms with Gasteiger partial charge in [-0.1, -0.05) is 20.8 Å². The molecule has 0 saturated carbocycles. The predicted molar refractivity (Wildman–Crippen MR) is 52.1 cm³/mol. The van der Waals surface area contributed by atoms with E-state index in [1.165, 1.54) is 0 Å². The van der Waals surface area contributed by atoms with Crippen molar-refractivity contribution in [1.29, 1.82) is 0 Å². The molecular formula is C8H19NOS. The molecule has 0 saturated heterocycles. The highest BCUT2D eigenvalue weighted by Gasteiger charge is 2.03. The fraction of sp³-hybridized carbons (Fsp3) is 1.00. The SMILES string of the molecule is CCSCC(O)CNC(C)C. The Bertz CT molecular complexity index is 88.2. The van der Waals surface area contributed by atoms with Crippen molar-refractivity contribution in [2.45, 2.75) is 32.9 Å². The van der Waals surface area contributed by atoms with Crippen LogP contribution in [0.1, 0.15) is 20.8 Å². The molecule has 0 aliphatic carbocycles. The Kier molecular flexibility index (Phi) is 7.12. The van der Waals surface area contributed by atoms with Crippen LogP contribution in [-0.4, -0.2) is 35.3 Å². The van der Waals surface area contributed by atoms with E-state index in [9.17, 15) is 5.11 Å². The van der Waals surface area contributed by atoms with E-state index >= 15 is 0 Å². The minimum Gasteiger partial charge on any atom is -0.391 e. The highest BCUT2D eigenvalue weighted by molar-refractivity contribution is 7.99. The summed E-state index contributed by atoms with van der Waals surface area (Å²) in [6, 6.07) is 0.469. The van der Waals surface area contributed by atoms with Gasteiger partial charge in [0.2, 0.25) is 0 Å². The number of nitrogens with one attached hydrogen (secondary N) is 1. The first-order chi connectivity index (χ1) is 5.16. The first-order valence-electron chi connectivity index (χ1n) is 4.16. The molecule has 0 rings (SSSR count). The average molecular weight is 177 g/mol. The summed E-state index contributed by atoms with van der Waals surface area (Å²) < 4.78 is 0. The molecular weight excluding hydrogens is 158 g/mol. The topological polar surface area (TPSA) is 32.3 Å². The van der Waals surface area contributed by atoms with Crippen LogP contribution in [-0.2, 0) is 0 Å². The van der Waals surface area contributed by atoms with Gasteiger partial charge < -0.3 is 10.4 Å². The summed E-state index contributed by atoms with van der Waals surface area (Å²) in [5.41, 5.74) is 0. The molecule has 0 heterocycles. The van der Waals surface area contributed by atoms with Crippen LogP contribution in [0.4, 0.5) is 0 Å². The van der Waals surface area contributed by atoms with E-state index in [0.717, 1.165) is 11.5 Å². The third kappa shape index (κ3) is 8.17. The van der Waals surface area contributed by atoms with E-state index < -0.39 is 0 Å². The molecule has 1 atom stereocenters. The van der Waals surface area contributed by atoms with Gasteiger partial charge in [-0.2, -0.15) is 11.8 Å². The van der Waals surface area contributed by atoms with Crippen molar-refractivity contribution in [3.8, 4) is 0 Å². The third-order valence-corrected chi connectivity index (χ3v) is 2.30. The van der Waals surface area contributed by atoms with Gasteiger partial charge in [0.05, 0.1) is 6.10 Å². The fourth-order valence-corrected chi connectivity index (χ4v) is 1.31. The van der Waals surface area contributed by atoms with Gasteiger partial charge in [0.15, 0.2) is 0 Å². The van der Waals surface area contributed by atoms with Gasteiger partial charge in [0, 0.05) is 18.3 Å². The molecule has 0 radical (unpaired) electrons. The van der Waals surface area contributed by atoms with Crippen LogP contribution >= 0.6 is 11.8 Å². The van der Waals surface area contributed by atoms with E-state index in [2.05, 4.69) is 26.1 Å². The molecule has 0 aliphatic rings. The van der Waals surface area contributed by atoms with Crippen molar-refractivity contribution in [2.75, 3.05) is 18.1 Å². The van der Waals surface area contributed by atoms with Crippen LogP contribution in [0.15, 0.2) is 0 Å². The zero-order valence-electron chi connectivity index (χ0n) is 7.63. The van der Waals surface area contributed by atoms with E-state index in [1.54, 1.807) is 11.8 Å². The van der Waals surface area contributed by atoms with Gasteiger partial charge in [-0.25, -0.2) is 0 Å². The zero-order valence-corrected chi connectivity index (χ0v) is 8.45. The third-order valence-electron chi connectivity index (χ3n) is 1.28. The highest BCUT2D eigenvalue weighted by Crippen LogP contribution is 2.00. The van der Waals surface area contributed by atoms with Gasteiger partial charge in [-0.15, -0.1) is 0 Å². The predicted octanol–water partition coefficient (Wildman–Crippen LogP) is 1.10. The maximum absolute atomic E-state index is 9.35. The van der Waals surface area contributed by atoms with Gasteiger partial charge in [-0.3, -0.25) is 0 Å². The lowest BCUT2D eigenvalue weighted by Crippen LogP contribution is -2.33. The van der Waals surface area contributed by atoms with Crippen LogP contribution in [0.3, 0.4) is 0 Å². The summed E-state index contributed by atoms with van der Waals surface area (Å²) in [7, 11) is 0. The molecule has 0 aliphatic heterocycles. The molecule has 11 heavy (non-hydrogen) atoms. The summed E-state index contributed by atoms with van der Waals surface area (Å²) >= 11 is 1.78. The summed E-state index contributed by atoms with van der Waals surface area (Å²) in [6.07, 6.45) is -0.192. The Morgan fingerprint density at radius 1 is 1.45 bits per heavy atom. The number of hydrogen-bond acceptors (Lipinski definition) is 3. The Labute approximate surface area is 73.8 Å². The normalized spacial score (nSPS) is 13.9.